The van der Waals surface area contributed by atoms with E-state index in [1.807, 2.05) is 32.0 Å². The lowest BCUT2D eigenvalue weighted by atomic mass is 9.85. The summed E-state index contributed by atoms with van der Waals surface area (Å²) in [6.45, 7) is 8.67. The normalized spacial score (nSPS) is 19.4. The van der Waals surface area contributed by atoms with Gasteiger partial charge in [-0.1, -0.05) is 36.8 Å². The number of rotatable bonds is 9. The summed E-state index contributed by atoms with van der Waals surface area (Å²) in [6.07, 6.45) is 3.96. The molecule has 0 aromatic heterocycles. The van der Waals surface area contributed by atoms with E-state index in [1.54, 1.807) is 0 Å². The Morgan fingerprint density at radius 1 is 1.24 bits per heavy atom. The van der Waals surface area contributed by atoms with E-state index in [0.717, 1.165) is 38.2 Å². The van der Waals surface area contributed by atoms with Gasteiger partial charge in [0.05, 0.1) is 19.8 Å². The zero-order valence-electron chi connectivity index (χ0n) is 17.9. The van der Waals surface area contributed by atoms with Gasteiger partial charge < -0.3 is 20.7 Å². The average Bonchev–Trinajstić information content (AvgIpc) is 2.68. The van der Waals surface area contributed by atoms with Gasteiger partial charge in [0.1, 0.15) is 0 Å². The molecule has 1 aliphatic carbocycles. The van der Waals surface area contributed by atoms with Gasteiger partial charge in [0, 0.05) is 24.5 Å². The van der Waals surface area contributed by atoms with Crippen LogP contribution in [0, 0.1) is 5.92 Å². The summed E-state index contributed by atoms with van der Waals surface area (Å²) >= 11 is 0. The van der Waals surface area contributed by atoms with Crippen LogP contribution < -0.4 is 16.0 Å². The molecule has 29 heavy (non-hydrogen) atoms. The fourth-order valence-corrected chi connectivity index (χ4v) is 3.46. The third-order valence-corrected chi connectivity index (χ3v) is 4.78. The van der Waals surface area contributed by atoms with Crippen molar-refractivity contribution in [3.8, 4) is 0 Å². The zero-order valence-corrected chi connectivity index (χ0v) is 20.3. The fraction of sp³-hybridized carbons (Fsp3) is 0.636. The highest BCUT2D eigenvalue weighted by atomic mass is 127. The second-order valence-corrected chi connectivity index (χ2v) is 7.67. The second-order valence-electron chi connectivity index (χ2n) is 7.67. The number of ether oxygens (including phenoxy) is 1. The van der Waals surface area contributed by atoms with Crippen LogP contribution >= 0.6 is 24.0 Å². The number of amides is 1. The molecule has 164 valence electrons. The smallest absolute Gasteiger partial charge is 0.223 e. The molecule has 1 aliphatic rings. The van der Waals surface area contributed by atoms with Crippen LogP contribution in [0.4, 0.5) is 0 Å². The van der Waals surface area contributed by atoms with E-state index in [-0.39, 0.29) is 47.9 Å². The van der Waals surface area contributed by atoms with Gasteiger partial charge in [-0.25, -0.2) is 0 Å². The second kappa shape index (κ2) is 14.6. The summed E-state index contributed by atoms with van der Waals surface area (Å²) < 4.78 is 5.71. The SMILES string of the molecule is CCNC(=NCCOCc1ccccc1)NC1CCCC(C(=O)NC(C)C)C1.I. The van der Waals surface area contributed by atoms with Crippen molar-refractivity contribution in [3.05, 3.63) is 35.9 Å². The number of hydrogen-bond acceptors (Lipinski definition) is 3. The molecule has 0 aliphatic heterocycles. The standard InChI is InChI=1S/C22H36N4O2.HI/c1-4-23-22(24-13-14-28-16-18-9-6-5-7-10-18)26-20-12-8-11-19(15-20)21(27)25-17(2)3;/h5-7,9-10,17,19-20H,4,8,11-16H2,1-3H3,(H,25,27)(H2,23,24,26);1H. The predicted octanol–water partition coefficient (Wildman–Crippen LogP) is 3.46. The maximum Gasteiger partial charge on any atom is 0.223 e. The molecule has 1 aromatic rings. The highest BCUT2D eigenvalue weighted by molar-refractivity contribution is 14.0. The summed E-state index contributed by atoms with van der Waals surface area (Å²) in [6, 6.07) is 10.6. The maximum atomic E-state index is 12.3. The Morgan fingerprint density at radius 2 is 2.00 bits per heavy atom. The van der Waals surface area contributed by atoms with Crippen molar-refractivity contribution >= 4 is 35.8 Å². The van der Waals surface area contributed by atoms with Gasteiger partial charge in [0.25, 0.3) is 0 Å². The van der Waals surface area contributed by atoms with E-state index in [0.29, 0.717) is 19.8 Å². The molecule has 0 spiro atoms. The van der Waals surface area contributed by atoms with Gasteiger partial charge >= 0.3 is 0 Å². The molecule has 1 fully saturated rings. The molecule has 1 aromatic carbocycles. The molecule has 6 nitrogen and oxygen atoms in total. The van der Waals surface area contributed by atoms with Crippen molar-refractivity contribution in [2.45, 2.75) is 65.1 Å². The first kappa shape index (κ1) is 25.7. The van der Waals surface area contributed by atoms with Crippen molar-refractivity contribution < 1.29 is 9.53 Å². The highest BCUT2D eigenvalue weighted by Crippen LogP contribution is 2.24. The van der Waals surface area contributed by atoms with Gasteiger partial charge in [-0.2, -0.15) is 0 Å². The summed E-state index contributed by atoms with van der Waals surface area (Å²) in [5.74, 6) is 1.07. The van der Waals surface area contributed by atoms with Crippen molar-refractivity contribution in [1.29, 1.82) is 0 Å². The third-order valence-electron chi connectivity index (χ3n) is 4.78. The molecule has 2 atom stereocenters. The molecule has 0 radical (unpaired) electrons. The van der Waals surface area contributed by atoms with Gasteiger partial charge in [0.15, 0.2) is 5.96 Å². The fourth-order valence-electron chi connectivity index (χ4n) is 3.46. The number of hydrogen-bond donors (Lipinski definition) is 3. The highest BCUT2D eigenvalue weighted by Gasteiger charge is 2.27. The molecule has 1 saturated carbocycles. The van der Waals surface area contributed by atoms with Crippen molar-refractivity contribution in [2.24, 2.45) is 10.9 Å². The van der Waals surface area contributed by atoms with Gasteiger partial charge in [-0.3, -0.25) is 9.79 Å². The lowest BCUT2D eigenvalue weighted by Gasteiger charge is -2.30. The van der Waals surface area contributed by atoms with E-state index in [4.69, 9.17) is 4.74 Å². The number of benzene rings is 1. The van der Waals surface area contributed by atoms with Gasteiger partial charge in [-0.15, -0.1) is 24.0 Å². The van der Waals surface area contributed by atoms with Gasteiger partial charge in [0.2, 0.25) is 5.91 Å². The molecule has 1 amide bonds. The van der Waals surface area contributed by atoms with Crippen LogP contribution in [0.15, 0.2) is 35.3 Å². The maximum absolute atomic E-state index is 12.3. The lowest BCUT2D eigenvalue weighted by Crippen LogP contribution is -2.47. The molecular formula is C22H37IN4O2. The molecule has 0 saturated heterocycles. The Labute approximate surface area is 192 Å². The van der Waals surface area contributed by atoms with Crippen LogP contribution in [-0.4, -0.2) is 43.6 Å². The Morgan fingerprint density at radius 3 is 2.69 bits per heavy atom. The molecule has 0 bridgehead atoms. The zero-order chi connectivity index (χ0) is 20.2. The first-order chi connectivity index (χ1) is 13.6. The van der Waals surface area contributed by atoms with E-state index >= 15 is 0 Å². The van der Waals surface area contributed by atoms with Crippen LogP contribution in [0.2, 0.25) is 0 Å². The molecule has 0 heterocycles. The van der Waals surface area contributed by atoms with Crippen LogP contribution in [0.1, 0.15) is 52.0 Å². The Kier molecular flexibility index (Phi) is 12.9. The quantitative estimate of drug-likeness (QED) is 0.204. The lowest BCUT2D eigenvalue weighted by molar-refractivity contribution is -0.126. The molecule has 3 N–H and O–H groups in total. The van der Waals surface area contributed by atoms with E-state index in [9.17, 15) is 4.79 Å². The summed E-state index contributed by atoms with van der Waals surface area (Å²) in [5, 5.41) is 9.85. The number of aliphatic imine (C=N–C) groups is 1. The van der Waals surface area contributed by atoms with Crippen LogP contribution in [0.3, 0.4) is 0 Å². The molecule has 7 heteroatoms. The number of nitrogens with one attached hydrogen (secondary N) is 3. The summed E-state index contributed by atoms with van der Waals surface area (Å²) in [5.41, 5.74) is 1.17. The van der Waals surface area contributed by atoms with E-state index < -0.39 is 0 Å². The third kappa shape index (κ3) is 10.3. The monoisotopic (exact) mass is 516 g/mol. The van der Waals surface area contributed by atoms with Crippen LogP contribution in [0.5, 0.6) is 0 Å². The first-order valence-corrected chi connectivity index (χ1v) is 10.5. The molecule has 2 rings (SSSR count). The average molecular weight is 516 g/mol. The molecule has 2 unspecified atom stereocenters. The minimum atomic E-state index is 0. The van der Waals surface area contributed by atoms with E-state index in [1.165, 1.54) is 5.56 Å². The summed E-state index contributed by atoms with van der Waals surface area (Å²) in [7, 11) is 0. The number of halogens is 1. The Bertz CT molecular complexity index is 610. The number of guanidine groups is 1. The predicted molar refractivity (Wildman–Crippen MR) is 130 cm³/mol. The minimum absolute atomic E-state index is 0. The first-order valence-electron chi connectivity index (χ1n) is 10.5. The summed E-state index contributed by atoms with van der Waals surface area (Å²) in [4.78, 5) is 17.0. The number of carbonyl (C=O) groups is 1. The van der Waals surface area contributed by atoms with Crippen molar-refractivity contribution in [1.82, 2.24) is 16.0 Å². The topological polar surface area (TPSA) is 74.8 Å². The van der Waals surface area contributed by atoms with Crippen LogP contribution in [-0.2, 0) is 16.1 Å². The van der Waals surface area contributed by atoms with Crippen molar-refractivity contribution in [3.63, 3.8) is 0 Å². The Hall–Kier alpha value is -1.35. The Balaban J connectivity index is 0.00000420. The van der Waals surface area contributed by atoms with Crippen LogP contribution in [0.25, 0.3) is 0 Å². The largest absolute Gasteiger partial charge is 0.375 e. The minimum Gasteiger partial charge on any atom is -0.375 e. The number of nitrogens with zero attached hydrogens (tertiary/aromatic N) is 1. The van der Waals surface area contributed by atoms with E-state index in [2.05, 4.69) is 40.0 Å². The van der Waals surface area contributed by atoms with Crippen molar-refractivity contribution in [2.75, 3.05) is 19.7 Å². The molecular weight excluding hydrogens is 479 g/mol. The number of carbonyl (C=O) groups excluding carboxylic acids is 1. The van der Waals surface area contributed by atoms with Gasteiger partial charge in [-0.05, 0) is 45.6 Å².